The summed E-state index contributed by atoms with van der Waals surface area (Å²) in [6, 6.07) is 5.84. The van der Waals surface area contributed by atoms with Crippen LogP contribution in [0.5, 0.6) is 0 Å². The number of rotatable bonds is 4. The Morgan fingerprint density at radius 3 is 2.48 bits per heavy atom. The minimum Gasteiger partial charge on any atom is -0.741 e. The SMILES string of the molecule is C=Cc1cccc[n+]1CCN=[N+]=[N-].O=S(=O)([O-])C(F)(F)F. The molecular weight excluding hydrogens is 313 g/mol. The van der Waals surface area contributed by atoms with Gasteiger partial charge in [-0.3, -0.25) is 0 Å². The van der Waals surface area contributed by atoms with E-state index in [0.29, 0.717) is 13.1 Å². The van der Waals surface area contributed by atoms with Gasteiger partial charge in [0.25, 0.3) is 0 Å². The Kier molecular flexibility index (Phi) is 7.42. The van der Waals surface area contributed by atoms with Crippen molar-refractivity contribution >= 4 is 16.2 Å². The molecule has 0 N–H and O–H groups in total. The van der Waals surface area contributed by atoms with Crippen molar-refractivity contribution in [3.05, 3.63) is 47.1 Å². The lowest BCUT2D eigenvalue weighted by atomic mass is 10.3. The number of azide groups is 1. The predicted molar refractivity (Wildman–Crippen MR) is 66.5 cm³/mol. The second-order valence-electron chi connectivity index (χ2n) is 3.38. The van der Waals surface area contributed by atoms with Crippen LogP contribution in [-0.2, 0) is 16.7 Å². The fraction of sp³-hybridized carbons (Fsp3) is 0.300. The molecule has 0 aliphatic heterocycles. The first-order valence-electron chi connectivity index (χ1n) is 5.27. The van der Waals surface area contributed by atoms with Crippen molar-refractivity contribution in [2.24, 2.45) is 5.11 Å². The summed E-state index contributed by atoms with van der Waals surface area (Å²) in [4.78, 5) is 2.69. The van der Waals surface area contributed by atoms with E-state index in [9.17, 15) is 13.2 Å². The maximum absolute atomic E-state index is 10.7. The van der Waals surface area contributed by atoms with Crippen LogP contribution in [0.3, 0.4) is 0 Å². The van der Waals surface area contributed by atoms with Crippen molar-refractivity contribution in [1.29, 1.82) is 0 Å². The number of aromatic nitrogens is 1. The molecule has 0 unspecified atom stereocenters. The van der Waals surface area contributed by atoms with Crippen LogP contribution >= 0.6 is 0 Å². The molecule has 0 bridgehead atoms. The lowest BCUT2D eigenvalue weighted by Gasteiger charge is -2.08. The average Bonchev–Trinajstić information content (AvgIpc) is 2.38. The molecule has 1 rings (SSSR count). The smallest absolute Gasteiger partial charge is 0.485 e. The fourth-order valence-electron chi connectivity index (χ4n) is 1.08. The Morgan fingerprint density at radius 2 is 2.05 bits per heavy atom. The highest BCUT2D eigenvalue weighted by Gasteiger charge is 2.36. The van der Waals surface area contributed by atoms with Gasteiger partial charge in [0, 0.05) is 23.1 Å². The molecule has 1 aromatic heterocycles. The van der Waals surface area contributed by atoms with E-state index in [-0.39, 0.29) is 0 Å². The van der Waals surface area contributed by atoms with Crippen LogP contribution in [0.1, 0.15) is 5.69 Å². The molecule has 21 heavy (non-hydrogen) atoms. The van der Waals surface area contributed by atoms with Gasteiger partial charge in [-0.2, -0.15) is 17.7 Å². The van der Waals surface area contributed by atoms with Gasteiger partial charge in [0.15, 0.2) is 22.9 Å². The van der Waals surface area contributed by atoms with Gasteiger partial charge in [-0.05, 0) is 11.6 Å². The third kappa shape index (κ3) is 7.30. The second-order valence-corrected chi connectivity index (χ2v) is 4.75. The molecule has 1 aromatic rings. The average molecular weight is 324 g/mol. The van der Waals surface area contributed by atoms with Gasteiger partial charge < -0.3 is 4.55 Å². The third-order valence-corrected chi connectivity index (χ3v) is 2.54. The summed E-state index contributed by atoms with van der Waals surface area (Å²) in [5.41, 5.74) is 3.48. The van der Waals surface area contributed by atoms with Crippen LogP contribution in [0.25, 0.3) is 16.5 Å². The summed E-state index contributed by atoms with van der Waals surface area (Å²) in [7, 11) is -6.09. The highest BCUT2D eigenvalue weighted by molar-refractivity contribution is 7.86. The van der Waals surface area contributed by atoms with Crippen molar-refractivity contribution in [2.75, 3.05) is 6.54 Å². The van der Waals surface area contributed by atoms with E-state index in [1.165, 1.54) is 0 Å². The van der Waals surface area contributed by atoms with Crippen LogP contribution in [0.4, 0.5) is 13.2 Å². The first kappa shape index (κ1) is 18.9. The lowest BCUT2D eigenvalue weighted by molar-refractivity contribution is -0.696. The Bertz CT molecular complexity index is 625. The molecule has 0 fully saturated rings. The quantitative estimate of drug-likeness (QED) is 0.211. The molecule has 0 aliphatic carbocycles. The Balaban J connectivity index is 0.000000433. The zero-order valence-corrected chi connectivity index (χ0v) is 11.4. The van der Waals surface area contributed by atoms with E-state index in [4.69, 9.17) is 18.5 Å². The van der Waals surface area contributed by atoms with Gasteiger partial charge in [-0.1, -0.05) is 11.7 Å². The first-order chi connectivity index (χ1) is 9.63. The normalized spacial score (nSPS) is 10.9. The molecule has 7 nitrogen and oxygen atoms in total. The van der Waals surface area contributed by atoms with E-state index in [1.807, 2.05) is 29.0 Å². The summed E-state index contributed by atoms with van der Waals surface area (Å²) in [6.07, 6.45) is 3.71. The number of hydrogen-bond acceptors (Lipinski definition) is 4. The van der Waals surface area contributed by atoms with Gasteiger partial charge in [0.05, 0.1) is 6.54 Å². The number of halogens is 3. The van der Waals surface area contributed by atoms with E-state index < -0.39 is 15.6 Å². The van der Waals surface area contributed by atoms with Gasteiger partial charge in [-0.25, -0.2) is 8.42 Å². The predicted octanol–water partition coefficient (Wildman–Crippen LogP) is 1.98. The van der Waals surface area contributed by atoms with Crippen molar-refractivity contribution in [3.63, 3.8) is 0 Å². The molecule has 0 radical (unpaired) electrons. The monoisotopic (exact) mass is 324 g/mol. The molecule has 1 heterocycles. The molecular formula is C10H11F3N4O3S. The molecule has 116 valence electrons. The lowest BCUT2D eigenvalue weighted by Crippen LogP contribution is -2.37. The van der Waals surface area contributed by atoms with Gasteiger partial charge in [0.2, 0.25) is 5.69 Å². The number of alkyl halides is 3. The minimum atomic E-state index is -6.09. The fourth-order valence-corrected chi connectivity index (χ4v) is 1.08. The standard InChI is InChI=1S/C9H11N4.CHF3O3S/c1-2-9-5-3-4-7-13(9)8-6-11-12-10;2-1(3,4)8(5,6)7/h2-5,7H,1,6,8H2;(H,5,6,7)/q+1;/p-1. The van der Waals surface area contributed by atoms with Gasteiger partial charge >= 0.3 is 5.51 Å². The molecule has 0 saturated carbocycles. The topological polar surface area (TPSA) is 110 Å². The maximum atomic E-state index is 10.7. The molecule has 0 aromatic carbocycles. The molecule has 0 spiro atoms. The molecule has 0 amide bonds. The number of hydrogen-bond donors (Lipinski definition) is 0. The van der Waals surface area contributed by atoms with E-state index in [1.54, 1.807) is 6.08 Å². The summed E-state index contributed by atoms with van der Waals surface area (Å²) in [5.74, 6) is 0. The molecule has 0 atom stereocenters. The zero-order valence-electron chi connectivity index (χ0n) is 10.6. The Hall–Kier alpha value is -2.10. The molecule has 0 saturated heterocycles. The van der Waals surface area contributed by atoms with E-state index in [2.05, 4.69) is 16.6 Å². The van der Waals surface area contributed by atoms with Crippen molar-refractivity contribution in [2.45, 2.75) is 12.1 Å². The van der Waals surface area contributed by atoms with E-state index >= 15 is 0 Å². The van der Waals surface area contributed by atoms with E-state index in [0.717, 1.165) is 5.69 Å². The number of pyridine rings is 1. The summed E-state index contributed by atoms with van der Waals surface area (Å²) in [5, 5.41) is 3.47. The first-order valence-corrected chi connectivity index (χ1v) is 6.68. The largest absolute Gasteiger partial charge is 0.741 e. The molecule has 11 heteroatoms. The third-order valence-electron chi connectivity index (χ3n) is 1.97. The zero-order chi connectivity index (χ0) is 16.5. The van der Waals surface area contributed by atoms with Crippen molar-refractivity contribution in [3.8, 4) is 0 Å². The second kappa shape index (κ2) is 8.25. The van der Waals surface area contributed by atoms with Gasteiger partial charge in [-0.15, -0.1) is 0 Å². The Labute approximate surface area is 118 Å². The summed E-state index contributed by atoms with van der Waals surface area (Å²) in [6.45, 7) is 4.85. The van der Waals surface area contributed by atoms with Crippen molar-refractivity contribution < 1.29 is 30.7 Å². The van der Waals surface area contributed by atoms with Crippen LogP contribution in [0.2, 0.25) is 0 Å². The minimum absolute atomic E-state index is 0.464. The Morgan fingerprint density at radius 1 is 1.48 bits per heavy atom. The van der Waals surface area contributed by atoms with Gasteiger partial charge in [0.1, 0.15) is 0 Å². The highest BCUT2D eigenvalue weighted by Crippen LogP contribution is 2.20. The van der Waals surface area contributed by atoms with Crippen molar-refractivity contribution in [1.82, 2.24) is 0 Å². The van der Waals surface area contributed by atoms with Crippen LogP contribution in [0.15, 0.2) is 36.1 Å². The summed E-state index contributed by atoms with van der Waals surface area (Å²) >= 11 is 0. The van der Waals surface area contributed by atoms with Crippen LogP contribution in [-0.4, -0.2) is 25.0 Å². The highest BCUT2D eigenvalue weighted by atomic mass is 32.2. The van der Waals surface area contributed by atoms with Crippen LogP contribution < -0.4 is 4.57 Å². The molecule has 0 aliphatic rings. The summed E-state index contributed by atoms with van der Waals surface area (Å²) < 4.78 is 60.9. The maximum Gasteiger partial charge on any atom is 0.485 e. The number of nitrogens with zero attached hydrogens (tertiary/aromatic N) is 4. The van der Waals surface area contributed by atoms with Crippen LogP contribution in [0, 0.1) is 0 Å².